The van der Waals surface area contributed by atoms with Crippen molar-refractivity contribution < 1.29 is 19.4 Å². The smallest absolute Gasteiger partial charge is 0.257 e. The lowest BCUT2D eigenvalue weighted by atomic mass is 10.1. The highest BCUT2D eigenvalue weighted by atomic mass is 32.1. The minimum atomic E-state index is -0.764. The minimum Gasteiger partial charge on any atom is -0.388 e. The molecule has 5 rings (SSSR count). The normalized spacial score (nSPS) is 17.3. The molecule has 0 aliphatic carbocycles. The number of para-hydroxylation sites is 1. The lowest BCUT2D eigenvalue weighted by Gasteiger charge is -2.17. The molecule has 1 aliphatic heterocycles. The third kappa shape index (κ3) is 4.88. The Hall–Kier alpha value is -3.79. The zero-order valence-corrected chi connectivity index (χ0v) is 19.8. The average molecular weight is 489 g/mol. The van der Waals surface area contributed by atoms with Crippen LogP contribution >= 0.6 is 11.3 Å². The number of aryl methyl sites for hydroxylation is 1. The number of thiophene rings is 1. The molecule has 2 atom stereocenters. The summed E-state index contributed by atoms with van der Waals surface area (Å²) in [5, 5.41) is 21.6. The van der Waals surface area contributed by atoms with Crippen LogP contribution in [0.2, 0.25) is 0 Å². The van der Waals surface area contributed by atoms with E-state index in [1.54, 1.807) is 6.07 Å². The first kappa shape index (κ1) is 23.0. The van der Waals surface area contributed by atoms with Gasteiger partial charge >= 0.3 is 0 Å². The van der Waals surface area contributed by atoms with Gasteiger partial charge in [-0.25, -0.2) is 4.98 Å². The van der Waals surface area contributed by atoms with Crippen LogP contribution in [0.5, 0.6) is 0 Å². The Morgan fingerprint density at radius 1 is 1.06 bits per heavy atom. The number of pyridine rings is 1. The van der Waals surface area contributed by atoms with Gasteiger partial charge in [-0.15, -0.1) is 11.3 Å². The Kier molecular flexibility index (Phi) is 6.45. The summed E-state index contributed by atoms with van der Waals surface area (Å²) >= 11 is 1.50. The Labute approximate surface area is 206 Å². The van der Waals surface area contributed by atoms with Crippen LogP contribution in [0, 0.1) is 6.92 Å². The zero-order chi connectivity index (χ0) is 24.4. The van der Waals surface area contributed by atoms with E-state index >= 15 is 0 Å². The van der Waals surface area contributed by atoms with Gasteiger partial charge in [-0.1, -0.05) is 36.4 Å². The van der Waals surface area contributed by atoms with E-state index in [-0.39, 0.29) is 24.7 Å². The van der Waals surface area contributed by atoms with Crippen LogP contribution < -0.4 is 16.0 Å². The first-order valence-electron chi connectivity index (χ1n) is 11.2. The number of benzene rings is 2. The van der Waals surface area contributed by atoms with Crippen molar-refractivity contribution >= 4 is 50.4 Å². The van der Waals surface area contributed by atoms with Gasteiger partial charge in [0.2, 0.25) is 0 Å². The number of nitrogens with zero attached hydrogens (tertiary/aromatic N) is 1. The van der Waals surface area contributed by atoms with Crippen LogP contribution in [-0.4, -0.2) is 47.3 Å². The number of rotatable bonds is 6. The van der Waals surface area contributed by atoms with Crippen molar-refractivity contribution in [1.82, 2.24) is 10.3 Å². The third-order valence-electron chi connectivity index (χ3n) is 5.89. The van der Waals surface area contributed by atoms with Crippen LogP contribution in [0.25, 0.3) is 10.1 Å². The van der Waals surface area contributed by atoms with Crippen LogP contribution in [0.3, 0.4) is 0 Å². The summed E-state index contributed by atoms with van der Waals surface area (Å²) in [5.41, 5.74) is 3.01. The number of carbonyl (C=O) groups excluding carboxylic acids is 2. The molecule has 2 amide bonds. The molecule has 178 valence electrons. The molecule has 0 bridgehead atoms. The van der Waals surface area contributed by atoms with Crippen molar-refractivity contribution in [3.63, 3.8) is 0 Å². The maximum Gasteiger partial charge on any atom is 0.257 e. The van der Waals surface area contributed by atoms with Crippen molar-refractivity contribution in [3.8, 4) is 0 Å². The van der Waals surface area contributed by atoms with Crippen molar-refractivity contribution in [2.75, 3.05) is 23.8 Å². The molecule has 1 saturated heterocycles. The van der Waals surface area contributed by atoms with E-state index in [1.807, 2.05) is 60.8 Å². The summed E-state index contributed by atoms with van der Waals surface area (Å²) in [4.78, 5) is 30.6. The number of hydrogen-bond acceptors (Lipinski definition) is 7. The summed E-state index contributed by atoms with van der Waals surface area (Å²) in [5.74, 6) is -0.298. The van der Waals surface area contributed by atoms with Gasteiger partial charge in [-0.2, -0.15) is 0 Å². The van der Waals surface area contributed by atoms with Crippen molar-refractivity contribution in [2.24, 2.45) is 0 Å². The highest BCUT2D eigenvalue weighted by molar-refractivity contribution is 7.17. The molecular weight excluding hydrogens is 464 g/mol. The zero-order valence-electron chi connectivity index (χ0n) is 18.9. The number of aliphatic hydroxyl groups excluding tert-OH is 1. The van der Waals surface area contributed by atoms with Gasteiger partial charge < -0.3 is 25.8 Å². The van der Waals surface area contributed by atoms with Crippen LogP contribution in [0.1, 0.15) is 26.3 Å². The summed E-state index contributed by atoms with van der Waals surface area (Å²) in [6, 6.07) is 16.5. The molecule has 0 saturated carbocycles. The fourth-order valence-corrected chi connectivity index (χ4v) is 4.84. The SMILES string of the molecule is Cc1ccccc1Nc1ncc(C(=O)N[C@H]2COC[C@@H]2O)cc1NC(=O)c1csc2ccccc12. The van der Waals surface area contributed by atoms with E-state index in [0.717, 1.165) is 21.3 Å². The van der Waals surface area contributed by atoms with Gasteiger partial charge in [0.1, 0.15) is 0 Å². The molecule has 3 heterocycles. The predicted molar refractivity (Wildman–Crippen MR) is 137 cm³/mol. The number of hydrogen-bond donors (Lipinski definition) is 4. The number of nitrogens with one attached hydrogen (secondary N) is 3. The molecule has 9 heteroatoms. The highest BCUT2D eigenvalue weighted by Crippen LogP contribution is 2.30. The molecule has 0 spiro atoms. The standard InChI is InChI=1S/C26H24N4O4S/c1-15-6-2-4-8-19(15)28-24-20(29-26(33)18-14-35-23-9-5-3-7-17(18)23)10-16(11-27-24)25(32)30-21-12-34-13-22(21)31/h2-11,14,21-22,31H,12-13H2,1H3,(H,27,28)(H,29,33)(H,30,32)/t21-,22-/m0/s1. The van der Waals surface area contributed by atoms with Gasteiger partial charge in [0.05, 0.1) is 42.2 Å². The topological polar surface area (TPSA) is 113 Å². The number of ether oxygens (including phenoxy) is 1. The second-order valence-corrected chi connectivity index (χ2v) is 9.26. The Morgan fingerprint density at radius 3 is 2.66 bits per heavy atom. The fraction of sp³-hybridized carbons (Fsp3) is 0.192. The van der Waals surface area contributed by atoms with E-state index in [9.17, 15) is 14.7 Å². The van der Waals surface area contributed by atoms with Gasteiger partial charge in [-0.05, 0) is 30.7 Å². The van der Waals surface area contributed by atoms with Crippen LogP contribution in [0.4, 0.5) is 17.2 Å². The van der Waals surface area contributed by atoms with E-state index in [0.29, 0.717) is 17.1 Å². The molecule has 1 fully saturated rings. The first-order chi connectivity index (χ1) is 17.0. The quantitative estimate of drug-likeness (QED) is 0.325. The Morgan fingerprint density at radius 2 is 1.86 bits per heavy atom. The first-order valence-corrected chi connectivity index (χ1v) is 12.0. The van der Waals surface area contributed by atoms with Crippen molar-refractivity contribution in [3.05, 3.63) is 82.9 Å². The van der Waals surface area contributed by atoms with Crippen LogP contribution in [0.15, 0.2) is 66.2 Å². The molecule has 8 nitrogen and oxygen atoms in total. The molecule has 2 aromatic carbocycles. The maximum absolute atomic E-state index is 13.3. The molecule has 35 heavy (non-hydrogen) atoms. The molecule has 1 aliphatic rings. The van der Waals surface area contributed by atoms with Gasteiger partial charge in [0, 0.05) is 27.4 Å². The van der Waals surface area contributed by atoms with Gasteiger partial charge in [0.25, 0.3) is 11.8 Å². The molecule has 0 unspecified atom stereocenters. The number of aromatic nitrogens is 1. The highest BCUT2D eigenvalue weighted by Gasteiger charge is 2.28. The molecular formula is C26H24N4O4S. The fourth-order valence-electron chi connectivity index (χ4n) is 3.90. The van der Waals surface area contributed by atoms with E-state index in [1.165, 1.54) is 17.5 Å². The summed E-state index contributed by atoms with van der Waals surface area (Å²) in [6.07, 6.45) is 0.674. The molecule has 2 aromatic heterocycles. The summed E-state index contributed by atoms with van der Waals surface area (Å²) in [7, 11) is 0. The third-order valence-corrected chi connectivity index (χ3v) is 6.85. The monoisotopic (exact) mass is 488 g/mol. The molecule has 4 N–H and O–H groups in total. The van der Waals surface area contributed by atoms with Gasteiger partial charge in [0.15, 0.2) is 5.82 Å². The predicted octanol–water partition coefficient (Wildman–Crippen LogP) is 4.09. The van der Waals surface area contributed by atoms with Gasteiger partial charge in [-0.3, -0.25) is 9.59 Å². The molecule has 0 radical (unpaired) electrons. The van der Waals surface area contributed by atoms with E-state index in [4.69, 9.17) is 4.74 Å². The Bertz CT molecular complexity index is 1400. The number of carbonyl (C=O) groups is 2. The largest absolute Gasteiger partial charge is 0.388 e. The summed E-state index contributed by atoms with van der Waals surface area (Å²) < 4.78 is 6.22. The maximum atomic E-state index is 13.3. The number of fused-ring (bicyclic) bond motifs is 1. The van der Waals surface area contributed by atoms with E-state index < -0.39 is 18.1 Å². The number of anilines is 3. The second kappa shape index (κ2) is 9.83. The minimum absolute atomic E-state index is 0.179. The van der Waals surface area contributed by atoms with Crippen LogP contribution in [-0.2, 0) is 4.74 Å². The summed E-state index contributed by atoms with van der Waals surface area (Å²) in [6.45, 7) is 2.38. The van der Waals surface area contributed by atoms with E-state index in [2.05, 4.69) is 20.9 Å². The lowest BCUT2D eigenvalue weighted by molar-refractivity contribution is 0.0885. The molecule has 4 aromatic rings. The second-order valence-electron chi connectivity index (χ2n) is 8.34. The Balaban J connectivity index is 1.46. The van der Waals surface area contributed by atoms with Crippen molar-refractivity contribution in [2.45, 2.75) is 19.1 Å². The number of amides is 2. The number of aliphatic hydroxyl groups is 1. The van der Waals surface area contributed by atoms with Crippen molar-refractivity contribution in [1.29, 1.82) is 0 Å². The average Bonchev–Trinajstić information content (AvgIpc) is 3.47. The lowest BCUT2D eigenvalue weighted by Crippen LogP contribution is -2.42.